The minimum absolute atomic E-state index is 0.0330. The van der Waals surface area contributed by atoms with Gasteiger partial charge in [0.2, 0.25) is 0 Å². The van der Waals surface area contributed by atoms with Gasteiger partial charge in [-0.3, -0.25) is 0 Å². The quantitative estimate of drug-likeness (QED) is 0.303. The van der Waals surface area contributed by atoms with Crippen LogP contribution in [0.15, 0.2) is 24.3 Å². The van der Waals surface area contributed by atoms with Crippen molar-refractivity contribution in [2.75, 3.05) is 0 Å². The Hall–Kier alpha value is -1.81. The molecule has 0 spiro atoms. The molecule has 0 bridgehead atoms. The lowest BCUT2D eigenvalue weighted by Gasteiger charge is -2.33. The van der Waals surface area contributed by atoms with E-state index in [2.05, 4.69) is 65.8 Å². The molecule has 214 valence electrons. The largest absolute Gasteiger partial charge is 0.604 e. The second kappa shape index (κ2) is 10.9. The molecule has 0 saturated heterocycles. The third-order valence-electron chi connectivity index (χ3n) is 9.13. The fraction of sp³-hybridized carbons (Fsp3) is 0.636. The summed E-state index contributed by atoms with van der Waals surface area (Å²) >= 11 is 0. The van der Waals surface area contributed by atoms with E-state index in [9.17, 15) is 4.57 Å². The predicted molar refractivity (Wildman–Crippen MR) is 159 cm³/mol. The van der Waals surface area contributed by atoms with Crippen molar-refractivity contribution in [3.63, 3.8) is 0 Å². The molecule has 6 heteroatoms. The molecular weight excluding hydrogens is 505 g/mol. The summed E-state index contributed by atoms with van der Waals surface area (Å²) in [5.74, 6) is 7.73. The standard InChI is InChI=1S/C33H48NO4P/c1-32(2,3)26-18-24-17-25-19-27(33(4,5)6)21-29(23-15-11-8-12-16-23)31(25)37-39(35,38-34)36-30(24)28(20-26)22-13-9-7-10-14-22/h18-23H,7-17,34H2,1-6H3. The van der Waals surface area contributed by atoms with Crippen molar-refractivity contribution in [3.8, 4) is 11.5 Å². The molecule has 0 radical (unpaired) electrons. The van der Waals surface area contributed by atoms with E-state index in [-0.39, 0.29) is 10.8 Å². The first-order chi connectivity index (χ1) is 18.4. The molecule has 2 fully saturated rings. The number of nitrogens with two attached hydrogens (primary N) is 1. The number of fused-ring (bicyclic) bond motifs is 2. The molecule has 5 nitrogen and oxygen atoms in total. The van der Waals surface area contributed by atoms with Crippen LogP contribution in [0, 0.1) is 0 Å². The van der Waals surface area contributed by atoms with Crippen molar-refractivity contribution in [3.05, 3.63) is 57.6 Å². The predicted octanol–water partition coefficient (Wildman–Crippen LogP) is 9.74. The zero-order valence-corrected chi connectivity index (χ0v) is 25.8. The highest BCUT2D eigenvalue weighted by atomic mass is 31.2. The van der Waals surface area contributed by atoms with Crippen LogP contribution in [-0.4, -0.2) is 0 Å². The van der Waals surface area contributed by atoms with Gasteiger partial charge in [-0.1, -0.05) is 104 Å². The zero-order valence-electron chi connectivity index (χ0n) is 24.9. The van der Waals surface area contributed by atoms with Crippen LogP contribution in [0.25, 0.3) is 0 Å². The molecule has 2 aliphatic carbocycles. The molecule has 3 aliphatic rings. The lowest BCUT2D eigenvalue weighted by Crippen LogP contribution is -2.20. The molecule has 39 heavy (non-hydrogen) atoms. The number of phosphoric acid groups is 1. The summed E-state index contributed by atoms with van der Waals surface area (Å²) in [6.07, 6.45) is 12.4. The van der Waals surface area contributed by atoms with Gasteiger partial charge in [0.25, 0.3) is 0 Å². The van der Waals surface area contributed by atoms with Crippen LogP contribution < -0.4 is 14.9 Å². The molecule has 0 amide bonds. The maximum absolute atomic E-state index is 14.1. The van der Waals surface area contributed by atoms with Crippen LogP contribution in [0.2, 0.25) is 0 Å². The third kappa shape index (κ3) is 6.11. The maximum atomic E-state index is 14.1. The number of phosphoric ester groups is 1. The molecule has 0 aromatic heterocycles. The summed E-state index contributed by atoms with van der Waals surface area (Å²) in [6.45, 7) is 13.5. The lowest BCUT2D eigenvalue weighted by atomic mass is 9.77. The van der Waals surface area contributed by atoms with Crippen LogP contribution >= 0.6 is 7.82 Å². The second-order valence-electron chi connectivity index (χ2n) is 14.2. The van der Waals surface area contributed by atoms with E-state index in [1.807, 2.05) is 0 Å². The van der Waals surface area contributed by atoms with E-state index in [0.717, 1.165) is 47.9 Å². The monoisotopic (exact) mass is 553 g/mol. The number of hydrogen-bond donors (Lipinski definition) is 1. The summed E-state index contributed by atoms with van der Waals surface area (Å²) in [7, 11) is -4.12. The normalized spacial score (nSPS) is 20.7. The Balaban J connectivity index is 1.75. The van der Waals surface area contributed by atoms with Gasteiger partial charge < -0.3 is 9.05 Å². The first-order valence-corrected chi connectivity index (χ1v) is 16.6. The van der Waals surface area contributed by atoms with Crippen LogP contribution in [0.3, 0.4) is 0 Å². The molecule has 2 saturated carbocycles. The van der Waals surface area contributed by atoms with Crippen molar-refractivity contribution in [1.29, 1.82) is 0 Å². The molecule has 0 atom stereocenters. The first-order valence-electron chi connectivity index (χ1n) is 15.1. The summed E-state index contributed by atoms with van der Waals surface area (Å²) in [5.41, 5.74) is 6.83. The van der Waals surface area contributed by atoms with E-state index in [1.54, 1.807) is 0 Å². The summed E-state index contributed by atoms with van der Waals surface area (Å²) in [5, 5.41) is 0. The number of hydrogen-bond acceptors (Lipinski definition) is 5. The van der Waals surface area contributed by atoms with E-state index >= 15 is 0 Å². The van der Waals surface area contributed by atoms with E-state index < -0.39 is 7.82 Å². The van der Waals surface area contributed by atoms with Gasteiger partial charge in [-0.15, -0.1) is 0 Å². The number of rotatable bonds is 3. The molecular formula is C33H48NO4P. The van der Waals surface area contributed by atoms with Crippen LogP contribution in [0.4, 0.5) is 0 Å². The minimum atomic E-state index is -4.12. The van der Waals surface area contributed by atoms with Crippen molar-refractivity contribution < 1.29 is 18.2 Å². The molecule has 0 unspecified atom stereocenters. The molecule has 1 heterocycles. The minimum Gasteiger partial charge on any atom is -0.394 e. The highest BCUT2D eigenvalue weighted by molar-refractivity contribution is 7.49. The van der Waals surface area contributed by atoms with Gasteiger partial charge in [0.05, 0.1) is 0 Å². The van der Waals surface area contributed by atoms with Gasteiger partial charge in [-0.05, 0) is 81.7 Å². The average molecular weight is 554 g/mol. The van der Waals surface area contributed by atoms with Crippen molar-refractivity contribution >= 4 is 7.82 Å². The summed E-state index contributed by atoms with van der Waals surface area (Å²) in [4.78, 5) is 0. The molecule has 2 aromatic rings. The Morgan fingerprint density at radius 1 is 0.692 bits per heavy atom. The molecule has 2 N–H and O–H groups in total. The topological polar surface area (TPSA) is 70.8 Å². The Bertz CT molecular complexity index is 1150. The van der Waals surface area contributed by atoms with Gasteiger partial charge in [0.15, 0.2) is 0 Å². The van der Waals surface area contributed by atoms with Gasteiger partial charge in [-0.2, -0.15) is 4.62 Å². The van der Waals surface area contributed by atoms with Crippen molar-refractivity contribution in [1.82, 2.24) is 0 Å². The molecule has 5 rings (SSSR count). The van der Waals surface area contributed by atoms with Crippen LogP contribution in [0.5, 0.6) is 11.5 Å². The Labute approximate surface area is 235 Å². The highest BCUT2D eigenvalue weighted by Gasteiger charge is 2.39. The maximum Gasteiger partial charge on any atom is 0.604 e. The highest BCUT2D eigenvalue weighted by Crippen LogP contribution is 2.57. The van der Waals surface area contributed by atoms with Crippen LogP contribution in [-0.2, 0) is 26.4 Å². The Kier molecular flexibility index (Phi) is 8.01. The zero-order chi connectivity index (χ0) is 28.0. The first kappa shape index (κ1) is 28.7. The average Bonchev–Trinajstić information content (AvgIpc) is 2.89. The van der Waals surface area contributed by atoms with E-state index in [4.69, 9.17) is 19.6 Å². The van der Waals surface area contributed by atoms with Gasteiger partial charge in [-0.25, -0.2) is 10.5 Å². The van der Waals surface area contributed by atoms with Gasteiger partial charge in [0, 0.05) is 6.42 Å². The van der Waals surface area contributed by atoms with E-state index in [0.29, 0.717) is 29.8 Å². The fourth-order valence-electron chi connectivity index (χ4n) is 6.70. The van der Waals surface area contributed by atoms with Gasteiger partial charge >= 0.3 is 7.82 Å². The van der Waals surface area contributed by atoms with Crippen LogP contribution in [0.1, 0.15) is 151 Å². The Morgan fingerprint density at radius 3 is 1.41 bits per heavy atom. The fourth-order valence-corrected chi connectivity index (χ4v) is 7.72. The summed E-state index contributed by atoms with van der Waals surface area (Å²) in [6, 6.07) is 9.05. The lowest BCUT2D eigenvalue weighted by molar-refractivity contribution is 0.209. The van der Waals surface area contributed by atoms with Crippen molar-refractivity contribution in [2.45, 2.75) is 135 Å². The number of benzene rings is 2. The Morgan fingerprint density at radius 2 is 1.08 bits per heavy atom. The SMILES string of the molecule is CC(C)(C)c1cc2c(c(C3CCCCC3)c1)OP(=O)(ON)Oc1c(cc(C(C)(C)C)cc1C1CCCCC1)C2. The molecule has 2 aromatic carbocycles. The van der Waals surface area contributed by atoms with Crippen molar-refractivity contribution in [2.24, 2.45) is 5.90 Å². The third-order valence-corrected chi connectivity index (χ3v) is 10.2. The molecule has 1 aliphatic heterocycles. The van der Waals surface area contributed by atoms with Gasteiger partial charge in [0.1, 0.15) is 11.5 Å². The smallest absolute Gasteiger partial charge is 0.394 e. The van der Waals surface area contributed by atoms with E-state index in [1.165, 1.54) is 49.7 Å². The second-order valence-corrected chi connectivity index (χ2v) is 15.7. The summed E-state index contributed by atoms with van der Waals surface area (Å²) < 4.78 is 31.9.